The molecule has 3 fully saturated rings. The molecule has 0 aromatic carbocycles. The van der Waals surface area contributed by atoms with Gasteiger partial charge in [-0.05, 0) is 38.0 Å². The lowest BCUT2D eigenvalue weighted by atomic mass is 10.0. The van der Waals surface area contributed by atoms with E-state index in [1.165, 1.54) is 19.3 Å². The van der Waals surface area contributed by atoms with Crippen molar-refractivity contribution in [3.63, 3.8) is 0 Å². The lowest BCUT2D eigenvalue weighted by molar-refractivity contribution is 0.176. The molecule has 0 bridgehead atoms. The molecule has 0 spiro atoms. The zero-order chi connectivity index (χ0) is 12.8. The van der Waals surface area contributed by atoms with Crippen LogP contribution >= 0.6 is 0 Å². The second-order valence-corrected chi connectivity index (χ2v) is 6.38. The summed E-state index contributed by atoms with van der Waals surface area (Å²) in [5.41, 5.74) is 0. The fraction of sp³-hybridized carbons (Fsp3) is 0.857. The van der Waals surface area contributed by atoms with E-state index in [2.05, 4.69) is 27.3 Å². The molecule has 0 amide bonds. The number of rotatable bonds is 3. The van der Waals surface area contributed by atoms with Crippen LogP contribution in [0.25, 0.3) is 0 Å². The van der Waals surface area contributed by atoms with Crippen molar-refractivity contribution in [3.8, 4) is 0 Å². The minimum absolute atomic E-state index is 0.274. The SMILES string of the molecule is CC(c1noc(C2CC3CC3C2)n1)N1CCNCC1. The van der Waals surface area contributed by atoms with Crippen LogP contribution in [0, 0.1) is 11.8 Å². The van der Waals surface area contributed by atoms with Crippen LogP contribution in [0.2, 0.25) is 0 Å². The third-order valence-electron chi connectivity index (χ3n) is 5.12. The van der Waals surface area contributed by atoms with Crippen LogP contribution in [0.4, 0.5) is 0 Å². The predicted molar refractivity (Wildman–Crippen MR) is 70.7 cm³/mol. The molecule has 1 aromatic rings. The van der Waals surface area contributed by atoms with Crippen LogP contribution in [-0.4, -0.2) is 41.2 Å². The van der Waals surface area contributed by atoms with E-state index in [0.29, 0.717) is 5.92 Å². The van der Waals surface area contributed by atoms with E-state index in [1.807, 2.05) is 0 Å². The fourth-order valence-corrected chi connectivity index (χ4v) is 3.73. The highest BCUT2D eigenvalue weighted by Crippen LogP contribution is 2.57. The van der Waals surface area contributed by atoms with Gasteiger partial charge in [0.1, 0.15) is 0 Å². The number of aromatic nitrogens is 2. The van der Waals surface area contributed by atoms with Crippen molar-refractivity contribution in [2.75, 3.05) is 26.2 Å². The van der Waals surface area contributed by atoms with Crippen molar-refractivity contribution in [2.24, 2.45) is 11.8 Å². The quantitative estimate of drug-likeness (QED) is 0.895. The molecular formula is C14H22N4O. The van der Waals surface area contributed by atoms with Crippen LogP contribution in [0.5, 0.6) is 0 Å². The molecular weight excluding hydrogens is 240 g/mol. The third kappa shape index (κ3) is 2.19. The molecule has 2 saturated carbocycles. The zero-order valence-electron chi connectivity index (χ0n) is 11.5. The summed E-state index contributed by atoms with van der Waals surface area (Å²) in [5.74, 6) is 4.23. The number of hydrogen-bond acceptors (Lipinski definition) is 5. The molecule has 4 rings (SSSR count). The van der Waals surface area contributed by atoms with Gasteiger partial charge in [0.05, 0.1) is 6.04 Å². The highest BCUT2D eigenvalue weighted by molar-refractivity contribution is 5.07. The molecule has 104 valence electrons. The number of hydrogen-bond donors (Lipinski definition) is 1. The molecule has 1 aliphatic heterocycles. The predicted octanol–water partition coefficient (Wildman–Crippen LogP) is 1.55. The number of fused-ring (bicyclic) bond motifs is 1. The van der Waals surface area contributed by atoms with E-state index in [-0.39, 0.29) is 6.04 Å². The monoisotopic (exact) mass is 262 g/mol. The van der Waals surface area contributed by atoms with E-state index in [0.717, 1.165) is 49.7 Å². The van der Waals surface area contributed by atoms with E-state index in [1.54, 1.807) is 0 Å². The first kappa shape index (κ1) is 11.9. The molecule has 5 nitrogen and oxygen atoms in total. The molecule has 3 aliphatic rings. The molecule has 1 N–H and O–H groups in total. The maximum atomic E-state index is 5.53. The second-order valence-electron chi connectivity index (χ2n) is 6.38. The molecule has 3 atom stereocenters. The van der Waals surface area contributed by atoms with Gasteiger partial charge in [0.25, 0.3) is 0 Å². The lowest BCUT2D eigenvalue weighted by Gasteiger charge is -2.30. The van der Waals surface area contributed by atoms with Crippen molar-refractivity contribution in [3.05, 3.63) is 11.7 Å². The summed E-state index contributed by atoms with van der Waals surface area (Å²) in [5, 5.41) is 7.60. The molecule has 5 heteroatoms. The second kappa shape index (κ2) is 4.56. The van der Waals surface area contributed by atoms with Crippen molar-refractivity contribution < 1.29 is 4.52 Å². The topological polar surface area (TPSA) is 54.2 Å². The van der Waals surface area contributed by atoms with Gasteiger partial charge in [-0.2, -0.15) is 4.98 Å². The fourth-order valence-electron chi connectivity index (χ4n) is 3.73. The average Bonchev–Trinajstić information content (AvgIpc) is 2.91. The van der Waals surface area contributed by atoms with Gasteiger partial charge in [-0.25, -0.2) is 0 Å². The van der Waals surface area contributed by atoms with Crippen LogP contribution < -0.4 is 5.32 Å². The molecule has 2 aliphatic carbocycles. The van der Waals surface area contributed by atoms with Gasteiger partial charge in [-0.3, -0.25) is 4.90 Å². The standard InChI is InChI=1S/C14H22N4O/c1-9(18-4-2-15-3-5-18)13-16-14(19-17-13)12-7-10-6-11(10)8-12/h9-12,15H,2-8H2,1H3. The number of nitrogens with one attached hydrogen (secondary N) is 1. The Morgan fingerprint density at radius 1 is 1.21 bits per heavy atom. The first-order chi connectivity index (χ1) is 9.31. The minimum Gasteiger partial charge on any atom is -0.339 e. The molecule has 19 heavy (non-hydrogen) atoms. The van der Waals surface area contributed by atoms with Gasteiger partial charge in [0.2, 0.25) is 5.89 Å². The van der Waals surface area contributed by atoms with E-state index in [4.69, 9.17) is 4.52 Å². The summed E-state index contributed by atoms with van der Waals surface area (Å²) < 4.78 is 5.53. The highest BCUT2D eigenvalue weighted by Gasteiger charge is 2.48. The summed E-state index contributed by atoms with van der Waals surface area (Å²) in [6.07, 6.45) is 3.98. The Hall–Kier alpha value is -0.940. The van der Waals surface area contributed by atoms with E-state index >= 15 is 0 Å². The molecule has 1 aromatic heterocycles. The Labute approximate surface area is 113 Å². The third-order valence-corrected chi connectivity index (χ3v) is 5.12. The van der Waals surface area contributed by atoms with Gasteiger partial charge < -0.3 is 9.84 Å². The summed E-state index contributed by atoms with van der Waals surface area (Å²) in [6.45, 7) is 6.44. The van der Waals surface area contributed by atoms with Crippen LogP contribution in [-0.2, 0) is 0 Å². The average molecular weight is 262 g/mol. The highest BCUT2D eigenvalue weighted by atomic mass is 16.5. The molecule has 3 unspecified atom stereocenters. The summed E-state index contributed by atoms with van der Waals surface area (Å²) >= 11 is 0. The van der Waals surface area contributed by atoms with Crippen molar-refractivity contribution >= 4 is 0 Å². The van der Waals surface area contributed by atoms with Gasteiger partial charge in [0.15, 0.2) is 5.82 Å². The Bertz CT molecular complexity index is 444. The van der Waals surface area contributed by atoms with E-state index < -0.39 is 0 Å². The largest absolute Gasteiger partial charge is 0.339 e. The number of nitrogens with zero attached hydrogens (tertiary/aromatic N) is 3. The smallest absolute Gasteiger partial charge is 0.229 e. The van der Waals surface area contributed by atoms with Gasteiger partial charge in [0, 0.05) is 32.1 Å². The summed E-state index contributed by atoms with van der Waals surface area (Å²) in [6, 6.07) is 0.274. The Balaban J connectivity index is 1.44. The lowest BCUT2D eigenvalue weighted by Crippen LogP contribution is -2.44. The normalized spacial score (nSPS) is 36.2. The molecule has 1 saturated heterocycles. The minimum atomic E-state index is 0.274. The summed E-state index contributed by atoms with van der Waals surface area (Å²) in [7, 11) is 0. The van der Waals surface area contributed by atoms with Gasteiger partial charge in [-0.1, -0.05) is 5.16 Å². The number of piperazine rings is 1. The maximum Gasteiger partial charge on any atom is 0.229 e. The van der Waals surface area contributed by atoms with Crippen molar-refractivity contribution in [1.82, 2.24) is 20.4 Å². The maximum absolute atomic E-state index is 5.53. The van der Waals surface area contributed by atoms with Crippen LogP contribution in [0.3, 0.4) is 0 Å². The Kier molecular flexibility index (Phi) is 2.84. The van der Waals surface area contributed by atoms with E-state index in [9.17, 15) is 0 Å². The molecule has 0 radical (unpaired) electrons. The van der Waals surface area contributed by atoms with Crippen LogP contribution in [0.15, 0.2) is 4.52 Å². The first-order valence-electron chi connectivity index (χ1n) is 7.59. The van der Waals surface area contributed by atoms with Crippen molar-refractivity contribution in [1.29, 1.82) is 0 Å². The van der Waals surface area contributed by atoms with Crippen LogP contribution in [0.1, 0.15) is 49.9 Å². The molecule has 2 heterocycles. The zero-order valence-corrected chi connectivity index (χ0v) is 11.5. The first-order valence-corrected chi connectivity index (χ1v) is 7.59. The Morgan fingerprint density at radius 2 is 1.95 bits per heavy atom. The Morgan fingerprint density at radius 3 is 2.68 bits per heavy atom. The van der Waals surface area contributed by atoms with Gasteiger partial charge >= 0.3 is 0 Å². The van der Waals surface area contributed by atoms with Gasteiger partial charge in [-0.15, -0.1) is 0 Å². The summed E-state index contributed by atoms with van der Waals surface area (Å²) in [4.78, 5) is 7.11. The van der Waals surface area contributed by atoms with Crippen molar-refractivity contribution in [2.45, 2.75) is 38.1 Å².